The number of hydrogen-bond acceptors (Lipinski definition) is 0. The molecule has 3 aromatic rings. The topological polar surface area (TPSA) is 0 Å². The summed E-state index contributed by atoms with van der Waals surface area (Å²) in [6, 6.07) is 8.02. The summed E-state index contributed by atoms with van der Waals surface area (Å²) in [6.45, 7) is 1.98. The molecule has 0 N–H and O–H groups in total. The highest BCUT2D eigenvalue weighted by atomic mass is 35.5. The van der Waals surface area contributed by atoms with Crippen LogP contribution >= 0.6 is 11.6 Å². The summed E-state index contributed by atoms with van der Waals surface area (Å²) in [7, 11) is 0. The van der Waals surface area contributed by atoms with Crippen LogP contribution in [0.25, 0.3) is 11.1 Å². The third-order valence-electron chi connectivity index (χ3n) is 4.52. The van der Waals surface area contributed by atoms with E-state index in [9.17, 15) is 22.0 Å². The Morgan fingerprint density at radius 3 is 1.97 bits per heavy atom. The first-order valence-electron chi connectivity index (χ1n) is 9.24. The lowest BCUT2D eigenvalue weighted by Crippen LogP contribution is -1.95. The smallest absolute Gasteiger partial charge is 0.145 e. The molecule has 0 bridgehead atoms. The van der Waals surface area contributed by atoms with Gasteiger partial charge in [0.1, 0.15) is 34.1 Å². The fraction of sp³-hybridized carbons (Fsp3) is 0.167. The van der Waals surface area contributed by atoms with Crippen molar-refractivity contribution in [1.29, 1.82) is 0 Å². The normalized spacial score (nSPS) is 10.6. The van der Waals surface area contributed by atoms with E-state index < -0.39 is 39.7 Å². The predicted molar refractivity (Wildman–Crippen MR) is 108 cm³/mol. The summed E-state index contributed by atoms with van der Waals surface area (Å²) in [5, 5.41) is -0.675. The van der Waals surface area contributed by atoms with Gasteiger partial charge in [0.05, 0.1) is 5.56 Å². The molecule has 154 valence electrons. The average Bonchev–Trinajstić information content (AvgIpc) is 2.69. The highest BCUT2D eigenvalue weighted by Gasteiger charge is 2.13. The second-order valence-corrected chi connectivity index (χ2v) is 7.11. The standard InChI is InChI=1S/C24H16ClF5/c1-2-3-4-15-10-20(27)18(21(28)11-15)8-6-14-5-7-17(19(26)9-14)16-12-22(29)24(25)23(30)13-16/h5,7,9-13H,2-4H2,1H3. The van der Waals surface area contributed by atoms with Crippen LogP contribution in [0.1, 0.15) is 36.5 Å². The van der Waals surface area contributed by atoms with Crippen LogP contribution in [0.4, 0.5) is 22.0 Å². The minimum Gasteiger partial charge on any atom is -0.206 e. The van der Waals surface area contributed by atoms with Crippen LogP contribution in [-0.2, 0) is 6.42 Å². The molecular formula is C24H16ClF5. The third kappa shape index (κ3) is 4.83. The highest BCUT2D eigenvalue weighted by molar-refractivity contribution is 6.31. The van der Waals surface area contributed by atoms with Gasteiger partial charge in [-0.2, -0.15) is 0 Å². The van der Waals surface area contributed by atoms with Gasteiger partial charge in [-0.1, -0.05) is 42.9 Å². The fourth-order valence-electron chi connectivity index (χ4n) is 2.94. The lowest BCUT2D eigenvalue weighted by Gasteiger charge is -2.06. The molecule has 0 aromatic heterocycles. The van der Waals surface area contributed by atoms with Crippen molar-refractivity contribution in [3.63, 3.8) is 0 Å². The van der Waals surface area contributed by atoms with Crippen LogP contribution in [0, 0.1) is 40.9 Å². The molecule has 0 nitrogen and oxygen atoms in total. The van der Waals surface area contributed by atoms with E-state index in [1.54, 1.807) is 0 Å². The average molecular weight is 435 g/mol. The van der Waals surface area contributed by atoms with Gasteiger partial charge in [0, 0.05) is 11.1 Å². The minimum atomic E-state index is -1.01. The van der Waals surface area contributed by atoms with Gasteiger partial charge >= 0.3 is 0 Å². The summed E-state index contributed by atoms with van der Waals surface area (Å²) in [5.74, 6) is 0.532. The van der Waals surface area contributed by atoms with E-state index in [0.29, 0.717) is 12.0 Å². The van der Waals surface area contributed by atoms with Crippen LogP contribution in [0.5, 0.6) is 0 Å². The fourth-order valence-corrected chi connectivity index (χ4v) is 3.05. The van der Waals surface area contributed by atoms with Gasteiger partial charge < -0.3 is 0 Å². The molecule has 0 aliphatic carbocycles. The number of halogens is 6. The second-order valence-electron chi connectivity index (χ2n) is 6.74. The van der Waals surface area contributed by atoms with Gasteiger partial charge in [0.25, 0.3) is 0 Å². The molecule has 0 amide bonds. The van der Waals surface area contributed by atoms with Crippen LogP contribution in [-0.4, -0.2) is 0 Å². The Morgan fingerprint density at radius 1 is 0.767 bits per heavy atom. The molecule has 0 aliphatic heterocycles. The number of unbranched alkanes of at least 4 members (excludes halogenated alkanes) is 1. The molecule has 6 heteroatoms. The zero-order chi connectivity index (χ0) is 21.8. The van der Waals surface area contributed by atoms with E-state index in [-0.39, 0.29) is 16.7 Å². The molecule has 0 fully saturated rings. The van der Waals surface area contributed by atoms with Gasteiger partial charge in [0.2, 0.25) is 0 Å². The maximum absolute atomic E-state index is 14.5. The first-order chi connectivity index (χ1) is 14.3. The van der Waals surface area contributed by atoms with Crippen molar-refractivity contribution >= 4 is 11.6 Å². The van der Waals surface area contributed by atoms with Crippen molar-refractivity contribution in [3.8, 4) is 23.0 Å². The zero-order valence-corrected chi connectivity index (χ0v) is 16.7. The molecule has 0 aliphatic rings. The molecule has 0 heterocycles. The van der Waals surface area contributed by atoms with E-state index in [1.807, 2.05) is 6.92 Å². The summed E-state index contributed by atoms with van der Waals surface area (Å²) >= 11 is 5.44. The molecule has 3 rings (SSSR count). The minimum absolute atomic E-state index is 0.0360. The second kappa shape index (κ2) is 9.32. The Morgan fingerprint density at radius 2 is 1.40 bits per heavy atom. The number of benzene rings is 3. The number of rotatable bonds is 4. The highest BCUT2D eigenvalue weighted by Crippen LogP contribution is 2.29. The van der Waals surface area contributed by atoms with Crippen molar-refractivity contribution in [3.05, 3.63) is 93.3 Å². The Labute approximate surface area is 176 Å². The predicted octanol–water partition coefficient (Wildman–Crippen LogP) is 7.44. The van der Waals surface area contributed by atoms with E-state index in [2.05, 4.69) is 11.8 Å². The van der Waals surface area contributed by atoms with Crippen molar-refractivity contribution in [2.75, 3.05) is 0 Å². The summed E-state index contributed by atoms with van der Waals surface area (Å²) < 4.78 is 70.2. The largest absolute Gasteiger partial charge is 0.206 e. The van der Waals surface area contributed by atoms with E-state index in [1.165, 1.54) is 24.3 Å². The van der Waals surface area contributed by atoms with Crippen LogP contribution in [0.15, 0.2) is 42.5 Å². The molecule has 0 unspecified atom stereocenters. The molecule has 0 spiro atoms. The first kappa shape index (κ1) is 21.9. The maximum atomic E-state index is 14.5. The molecule has 0 radical (unpaired) electrons. The Bertz CT molecular complexity index is 1110. The Balaban J connectivity index is 1.90. The van der Waals surface area contributed by atoms with E-state index >= 15 is 0 Å². The molecule has 0 atom stereocenters. The molecular weight excluding hydrogens is 419 g/mol. The van der Waals surface area contributed by atoms with E-state index in [4.69, 9.17) is 11.6 Å². The van der Waals surface area contributed by atoms with Crippen LogP contribution in [0.3, 0.4) is 0 Å². The zero-order valence-electron chi connectivity index (χ0n) is 15.9. The van der Waals surface area contributed by atoms with Gasteiger partial charge in [-0.05, 0) is 60.4 Å². The molecule has 30 heavy (non-hydrogen) atoms. The summed E-state index contributed by atoms with van der Waals surface area (Å²) in [4.78, 5) is 0. The van der Waals surface area contributed by atoms with Gasteiger partial charge in [0.15, 0.2) is 0 Å². The van der Waals surface area contributed by atoms with Crippen LogP contribution in [0.2, 0.25) is 5.02 Å². The maximum Gasteiger partial charge on any atom is 0.145 e. The molecule has 3 aromatic carbocycles. The van der Waals surface area contributed by atoms with Crippen molar-refractivity contribution in [2.45, 2.75) is 26.2 Å². The van der Waals surface area contributed by atoms with Gasteiger partial charge in [-0.25, -0.2) is 22.0 Å². The van der Waals surface area contributed by atoms with Gasteiger partial charge in [-0.15, -0.1) is 0 Å². The van der Waals surface area contributed by atoms with Crippen molar-refractivity contribution in [1.82, 2.24) is 0 Å². The monoisotopic (exact) mass is 434 g/mol. The number of hydrogen-bond donors (Lipinski definition) is 0. The molecule has 0 saturated heterocycles. The quantitative estimate of drug-likeness (QED) is 0.227. The van der Waals surface area contributed by atoms with E-state index in [0.717, 1.165) is 31.0 Å². The third-order valence-corrected chi connectivity index (χ3v) is 4.88. The number of aryl methyl sites for hydroxylation is 1. The Hall–Kier alpha value is -2.84. The summed E-state index contributed by atoms with van der Waals surface area (Å²) in [6.07, 6.45) is 2.29. The summed E-state index contributed by atoms with van der Waals surface area (Å²) in [5.41, 5.74) is 0.204. The lowest BCUT2D eigenvalue weighted by molar-refractivity contribution is 0.572. The molecule has 0 saturated carbocycles. The van der Waals surface area contributed by atoms with Crippen molar-refractivity contribution in [2.24, 2.45) is 0 Å². The van der Waals surface area contributed by atoms with Crippen LogP contribution < -0.4 is 0 Å². The van der Waals surface area contributed by atoms with Gasteiger partial charge in [-0.3, -0.25) is 0 Å². The lowest BCUT2D eigenvalue weighted by atomic mass is 10.0. The van der Waals surface area contributed by atoms with Crippen molar-refractivity contribution < 1.29 is 22.0 Å². The SMILES string of the molecule is CCCCc1cc(F)c(C#Cc2ccc(-c3cc(F)c(Cl)c(F)c3)c(F)c2)c(F)c1. The Kier molecular flexibility index (Phi) is 6.79. The first-order valence-corrected chi connectivity index (χ1v) is 9.62.